The van der Waals surface area contributed by atoms with Crippen molar-refractivity contribution in [3.63, 3.8) is 0 Å². The summed E-state index contributed by atoms with van der Waals surface area (Å²) in [5.41, 5.74) is 1.21. The third-order valence-corrected chi connectivity index (χ3v) is 3.61. The summed E-state index contributed by atoms with van der Waals surface area (Å²) in [5, 5.41) is 5.21. The third-order valence-electron chi connectivity index (χ3n) is 2.93. The van der Waals surface area contributed by atoms with Crippen LogP contribution in [0.1, 0.15) is 5.56 Å². The number of hydrogen-bond acceptors (Lipinski definition) is 1. The maximum absolute atomic E-state index is 13.6. The highest BCUT2D eigenvalue weighted by atomic mass is 127. The quantitative estimate of drug-likeness (QED) is 0.625. The number of nitrogens with zero attached hydrogens (tertiary/aromatic N) is 2. The molecule has 0 saturated carbocycles. The van der Waals surface area contributed by atoms with E-state index in [1.54, 1.807) is 10.9 Å². The Morgan fingerprint density at radius 3 is 2.79 bits per heavy atom. The molecule has 0 N–H and O–H groups in total. The molecule has 1 heterocycles. The van der Waals surface area contributed by atoms with Crippen molar-refractivity contribution in [1.82, 2.24) is 9.78 Å². The van der Waals surface area contributed by atoms with Crippen LogP contribution in [0.3, 0.4) is 0 Å². The van der Waals surface area contributed by atoms with Gasteiger partial charge in [0.15, 0.2) is 0 Å². The van der Waals surface area contributed by atoms with Gasteiger partial charge in [0, 0.05) is 14.5 Å². The Labute approximate surface area is 122 Å². The largest absolute Gasteiger partial charge is 0.260 e. The maximum Gasteiger partial charge on any atom is 0.128 e. The average Bonchev–Trinajstić information content (AvgIpc) is 2.77. The number of fused-ring (bicyclic) bond motifs is 1. The van der Waals surface area contributed by atoms with Crippen LogP contribution < -0.4 is 0 Å². The van der Waals surface area contributed by atoms with Crippen molar-refractivity contribution in [1.29, 1.82) is 0 Å². The van der Waals surface area contributed by atoms with Crippen molar-refractivity contribution in [2.24, 2.45) is 0 Å². The van der Waals surface area contributed by atoms with Crippen molar-refractivity contribution in [2.45, 2.75) is 6.54 Å². The molecule has 0 amide bonds. The van der Waals surface area contributed by atoms with E-state index in [1.807, 2.05) is 18.2 Å². The van der Waals surface area contributed by atoms with Gasteiger partial charge in [0.2, 0.25) is 0 Å². The van der Waals surface area contributed by atoms with Crippen molar-refractivity contribution < 1.29 is 8.78 Å². The van der Waals surface area contributed by atoms with Gasteiger partial charge in [0.25, 0.3) is 0 Å². The maximum atomic E-state index is 13.6. The van der Waals surface area contributed by atoms with E-state index in [4.69, 9.17) is 0 Å². The summed E-state index contributed by atoms with van der Waals surface area (Å²) in [6.45, 7) is 0.215. The summed E-state index contributed by atoms with van der Waals surface area (Å²) in [4.78, 5) is 0. The monoisotopic (exact) mass is 370 g/mol. The smallest absolute Gasteiger partial charge is 0.128 e. The lowest BCUT2D eigenvalue weighted by Crippen LogP contribution is -2.04. The summed E-state index contributed by atoms with van der Waals surface area (Å²) in [6, 6.07) is 9.38. The molecule has 0 radical (unpaired) electrons. The Kier molecular flexibility index (Phi) is 3.22. The van der Waals surface area contributed by atoms with E-state index in [2.05, 4.69) is 27.7 Å². The predicted molar refractivity (Wildman–Crippen MR) is 77.9 cm³/mol. The molecule has 19 heavy (non-hydrogen) atoms. The molecule has 0 bridgehead atoms. The third kappa shape index (κ3) is 2.47. The minimum absolute atomic E-state index is 0.215. The SMILES string of the molecule is Fc1ccc(F)c(Cn2ncc3ccc(I)cc32)c1. The van der Waals surface area contributed by atoms with Crippen LogP contribution in [-0.4, -0.2) is 9.78 Å². The zero-order chi connectivity index (χ0) is 13.4. The minimum Gasteiger partial charge on any atom is -0.260 e. The molecule has 0 aliphatic carbocycles. The second-order valence-electron chi connectivity index (χ2n) is 4.24. The van der Waals surface area contributed by atoms with Crippen molar-refractivity contribution in [3.05, 3.63) is 63.4 Å². The van der Waals surface area contributed by atoms with Crippen LogP contribution in [0.25, 0.3) is 10.9 Å². The van der Waals surface area contributed by atoms with Gasteiger partial charge in [-0.15, -0.1) is 0 Å². The van der Waals surface area contributed by atoms with Gasteiger partial charge in [-0.1, -0.05) is 6.07 Å². The fourth-order valence-corrected chi connectivity index (χ4v) is 2.47. The van der Waals surface area contributed by atoms with E-state index < -0.39 is 11.6 Å². The molecule has 0 aliphatic rings. The zero-order valence-corrected chi connectivity index (χ0v) is 11.9. The van der Waals surface area contributed by atoms with Crippen LogP contribution in [0.4, 0.5) is 8.78 Å². The lowest BCUT2D eigenvalue weighted by molar-refractivity contribution is 0.570. The summed E-state index contributed by atoms with van der Waals surface area (Å²) in [5.74, 6) is -0.863. The molecule has 0 aliphatic heterocycles. The Morgan fingerprint density at radius 2 is 1.95 bits per heavy atom. The Bertz CT molecular complexity index is 752. The van der Waals surface area contributed by atoms with Crippen LogP contribution >= 0.6 is 22.6 Å². The molecular weight excluding hydrogens is 361 g/mol. The first-order chi connectivity index (χ1) is 9.13. The van der Waals surface area contributed by atoms with E-state index in [0.717, 1.165) is 26.6 Å². The fraction of sp³-hybridized carbons (Fsp3) is 0.0714. The van der Waals surface area contributed by atoms with Gasteiger partial charge in [-0.3, -0.25) is 4.68 Å². The van der Waals surface area contributed by atoms with E-state index in [0.29, 0.717) is 5.56 Å². The van der Waals surface area contributed by atoms with Crippen molar-refractivity contribution in [3.8, 4) is 0 Å². The van der Waals surface area contributed by atoms with E-state index >= 15 is 0 Å². The zero-order valence-electron chi connectivity index (χ0n) is 9.78. The molecule has 3 aromatic rings. The summed E-state index contributed by atoms with van der Waals surface area (Å²) >= 11 is 2.21. The van der Waals surface area contributed by atoms with Crippen molar-refractivity contribution >= 4 is 33.5 Å². The molecule has 3 rings (SSSR count). The molecule has 0 spiro atoms. The van der Waals surface area contributed by atoms with Gasteiger partial charge >= 0.3 is 0 Å². The molecule has 0 fully saturated rings. The highest BCUT2D eigenvalue weighted by Crippen LogP contribution is 2.19. The Hall–Kier alpha value is -1.50. The normalized spacial score (nSPS) is 11.1. The summed E-state index contributed by atoms with van der Waals surface area (Å²) < 4.78 is 29.5. The van der Waals surface area contributed by atoms with Gasteiger partial charge in [-0.25, -0.2) is 8.78 Å². The Balaban J connectivity index is 2.05. The lowest BCUT2D eigenvalue weighted by atomic mass is 10.2. The van der Waals surface area contributed by atoms with Crippen LogP contribution in [0, 0.1) is 15.2 Å². The van der Waals surface area contributed by atoms with Crippen LogP contribution in [-0.2, 0) is 6.54 Å². The van der Waals surface area contributed by atoms with Gasteiger partial charge in [-0.05, 0) is 52.9 Å². The molecule has 2 nitrogen and oxygen atoms in total. The van der Waals surface area contributed by atoms with Crippen LogP contribution in [0.2, 0.25) is 0 Å². The second kappa shape index (κ2) is 4.88. The van der Waals surface area contributed by atoms with E-state index in [-0.39, 0.29) is 6.54 Å². The van der Waals surface area contributed by atoms with Crippen LogP contribution in [0.5, 0.6) is 0 Å². The average molecular weight is 370 g/mol. The van der Waals surface area contributed by atoms with E-state index in [9.17, 15) is 8.78 Å². The minimum atomic E-state index is -0.442. The molecule has 0 unspecified atom stereocenters. The number of halogens is 3. The summed E-state index contributed by atoms with van der Waals surface area (Å²) in [6.07, 6.45) is 1.72. The highest BCUT2D eigenvalue weighted by molar-refractivity contribution is 14.1. The molecule has 1 aromatic heterocycles. The second-order valence-corrected chi connectivity index (χ2v) is 5.49. The number of aromatic nitrogens is 2. The number of rotatable bonds is 2. The molecule has 2 aromatic carbocycles. The molecular formula is C14H9F2IN2. The molecule has 5 heteroatoms. The van der Waals surface area contributed by atoms with Gasteiger partial charge < -0.3 is 0 Å². The molecule has 96 valence electrons. The molecule has 0 saturated heterocycles. The number of benzene rings is 2. The standard InChI is InChI=1S/C14H9F2IN2/c15-11-2-4-13(16)10(5-11)8-19-14-6-12(17)3-1-9(14)7-18-19/h1-7H,8H2. The number of hydrogen-bond donors (Lipinski definition) is 0. The summed E-state index contributed by atoms with van der Waals surface area (Å²) in [7, 11) is 0. The highest BCUT2D eigenvalue weighted by Gasteiger charge is 2.08. The first-order valence-corrected chi connectivity index (χ1v) is 6.76. The van der Waals surface area contributed by atoms with Gasteiger partial charge in [0.05, 0.1) is 18.3 Å². The lowest BCUT2D eigenvalue weighted by Gasteiger charge is -2.06. The first kappa shape index (κ1) is 12.5. The predicted octanol–water partition coefficient (Wildman–Crippen LogP) is 3.97. The van der Waals surface area contributed by atoms with Gasteiger partial charge in [-0.2, -0.15) is 5.10 Å². The Morgan fingerprint density at radius 1 is 1.11 bits per heavy atom. The first-order valence-electron chi connectivity index (χ1n) is 5.68. The van der Waals surface area contributed by atoms with E-state index in [1.165, 1.54) is 6.07 Å². The molecule has 0 atom stereocenters. The fourth-order valence-electron chi connectivity index (χ4n) is 2.00. The van der Waals surface area contributed by atoms with Crippen molar-refractivity contribution in [2.75, 3.05) is 0 Å². The van der Waals surface area contributed by atoms with Crippen LogP contribution in [0.15, 0.2) is 42.6 Å². The topological polar surface area (TPSA) is 17.8 Å². The van der Waals surface area contributed by atoms with Gasteiger partial charge in [0.1, 0.15) is 11.6 Å².